The lowest BCUT2D eigenvalue weighted by atomic mass is 10.1. The summed E-state index contributed by atoms with van der Waals surface area (Å²) in [6, 6.07) is 9.65. The van der Waals surface area contributed by atoms with Crippen LogP contribution in [0, 0.1) is 24.0 Å². The molecule has 0 aliphatic rings. The first-order chi connectivity index (χ1) is 10.4. The van der Waals surface area contributed by atoms with Crippen molar-refractivity contribution in [3.63, 3.8) is 0 Å². The second kappa shape index (κ2) is 6.26. The monoisotopic (exact) mass is 301 g/mol. The maximum atomic E-state index is 11.7. The maximum absolute atomic E-state index is 11.7. The van der Waals surface area contributed by atoms with E-state index in [4.69, 9.17) is 4.74 Å². The minimum Gasteiger partial charge on any atom is -0.465 e. The highest BCUT2D eigenvalue weighted by Crippen LogP contribution is 2.30. The summed E-state index contributed by atoms with van der Waals surface area (Å²) in [5.41, 5.74) is 1.57. The van der Waals surface area contributed by atoms with Crippen LogP contribution in [0.4, 0.5) is 5.69 Å². The predicted octanol–water partition coefficient (Wildman–Crippen LogP) is 3.79. The molecule has 2 rings (SSSR count). The fourth-order valence-electron chi connectivity index (χ4n) is 2.05. The second-order valence-electron chi connectivity index (χ2n) is 4.80. The number of nitro benzene ring substituents is 1. The van der Waals surface area contributed by atoms with E-state index in [1.807, 2.05) is 32.0 Å². The van der Waals surface area contributed by atoms with Crippen LogP contribution in [0.15, 0.2) is 36.4 Å². The van der Waals surface area contributed by atoms with E-state index in [2.05, 4.69) is 4.74 Å². The van der Waals surface area contributed by atoms with Crippen LogP contribution in [0.5, 0.6) is 11.5 Å². The Bertz CT molecular complexity index is 739. The number of nitrogens with zero attached hydrogens (tertiary/aromatic N) is 1. The molecular weight excluding hydrogens is 286 g/mol. The zero-order chi connectivity index (χ0) is 16.3. The third-order valence-corrected chi connectivity index (χ3v) is 3.13. The highest BCUT2D eigenvalue weighted by molar-refractivity contribution is 5.94. The summed E-state index contributed by atoms with van der Waals surface area (Å²) in [7, 11) is 1.17. The van der Waals surface area contributed by atoms with Crippen molar-refractivity contribution in [2.24, 2.45) is 0 Å². The third kappa shape index (κ3) is 3.22. The standard InChI is InChI=1S/C16H15NO5/c1-10-4-7-15(11(2)8-10)22-12-5-6-14(17(19)20)13(9-12)16(18)21-3/h4-9H,1-3H3. The highest BCUT2D eigenvalue weighted by Gasteiger charge is 2.22. The van der Waals surface area contributed by atoms with Crippen molar-refractivity contribution >= 4 is 11.7 Å². The lowest BCUT2D eigenvalue weighted by Crippen LogP contribution is -2.06. The second-order valence-corrected chi connectivity index (χ2v) is 4.80. The number of nitro groups is 1. The predicted molar refractivity (Wildman–Crippen MR) is 80.4 cm³/mol. The van der Waals surface area contributed by atoms with Gasteiger partial charge < -0.3 is 9.47 Å². The molecule has 2 aromatic carbocycles. The molecule has 6 heteroatoms. The molecule has 0 aliphatic heterocycles. The molecule has 0 saturated heterocycles. The number of aryl methyl sites for hydroxylation is 2. The van der Waals surface area contributed by atoms with Gasteiger partial charge in [-0.15, -0.1) is 0 Å². The molecule has 0 aliphatic carbocycles. The van der Waals surface area contributed by atoms with E-state index in [9.17, 15) is 14.9 Å². The van der Waals surface area contributed by atoms with E-state index in [0.717, 1.165) is 11.1 Å². The van der Waals surface area contributed by atoms with Crippen LogP contribution in [0.25, 0.3) is 0 Å². The van der Waals surface area contributed by atoms with Crippen molar-refractivity contribution in [1.82, 2.24) is 0 Å². The van der Waals surface area contributed by atoms with Crippen molar-refractivity contribution in [3.8, 4) is 11.5 Å². The van der Waals surface area contributed by atoms with Crippen LogP contribution < -0.4 is 4.74 Å². The quantitative estimate of drug-likeness (QED) is 0.487. The molecule has 0 spiro atoms. The van der Waals surface area contributed by atoms with Crippen LogP contribution in [-0.4, -0.2) is 18.0 Å². The maximum Gasteiger partial charge on any atom is 0.345 e. The summed E-state index contributed by atoms with van der Waals surface area (Å²) in [5, 5.41) is 11.0. The normalized spacial score (nSPS) is 10.1. The van der Waals surface area contributed by atoms with Gasteiger partial charge in [0.2, 0.25) is 0 Å². The van der Waals surface area contributed by atoms with Gasteiger partial charge in [0.15, 0.2) is 0 Å². The minimum absolute atomic E-state index is 0.144. The van der Waals surface area contributed by atoms with Crippen molar-refractivity contribution in [1.29, 1.82) is 0 Å². The zero-order valence-electron chi connectivity index (χ0n) is 12.5. The van der Waals surface area contributed by atoms with Gasteiger partial charge in [-0.25, -0.2) is 4.79 Å². The molecule has 0 amide bonds. The fraction of sp³-hybridized carbons (Fsp3) is 0.188. The number of rotatable bonds is 4. The van der Waals surface area contributed by atoms with Crippen molar-refractivity contribution in [2.45, 2.75) is 13.8 Å². The Balaban J connectivity index is 2.40. The Labute approximate surface area is 127 Å². The smallest absolute Gasteiger partial charge is 0.345 e. The molecule has 0 aromatic heterocycles. The van der Waals surface area contributed by atoms with Gasteiger partial charge in [0.05, 0.1) is 12.0 Å². The third-order valence-electron chi connectivity index (χ3n) is 3.13. The van der Waals surface area contributed by atoms with E-state index in [-0.39, 0.29) is 11.3 Å². The Hall–Kier alpha value is -2.89. The number of esters is 1. The minimum atomic E-state index is -0.780. The molecule has 0 saturated carbocycles. The average molecular weight is 301 g/mol. The average Bonchev–Trinajstić information content (AvgIpc) is 2.49. The molecule has 0 unspecified atom stereocenters. The number of hydrogen-bond acceptors (Lipinski definition) is 5. The number of ether oxygens (including phenoxy) is 2. The Morgan fingerprint density at radius 3 is 2.45 bits per heavy atom. The van der Waals surface area contributed by atoms with Gasteiger partial charge in [0.25, 0.3) is 5.69 Å². The lowest BCUT2D eigenvalue weighted by Gasteiger charge is -2.10. The Morgan fingerprint density at radius 1 is 1.14 bits per heavy atom. The molecule has 22 heavy (non-hydrogen) atoms. The van der Waals surface area contributed by atoms with E-state index in [0.29, 0.717) is 11.5 Å². The van der Waals surface area contributed by atoms with E-state index in [1.165, 1.54) is 25.3 Å². The number of methoxy groups -OCH3 is 1. The van der Waals surface area contributed by atoms with Gasteiger partial charge in [-0.3, -0.25) is 10.1 Å². The van der Waals surface area contributed by atoms with E-state index >= 15 is 0 Å². The Morgan fingerprint density at radius 2 is 1.86 bits per heavy atom. The van der Waals surface area contributed by atoms with Crippen molar-refractivity contribution in [3.05, 3.63) is 63.2 Å². The number of carbonyl (C=O) groups excluding carboxylic acids is 1. The SMILES string of the molecule is COC(=O)c1cc(Oc2ccc(C)cc2C)ccc1[N+](=O)[O-]. The summed E-state index contributed by atoms with van der Waals surface area (Å²) < 4.78 is 10.3. The molecule has 6 nitrogen and oxygen atoms in total. The first-order valence-corrected chi connectivity index (χ1v) is 6.54. The number of carbonyl (C=O) groups is 1. The van der Waals surface area contributed by atoms with Crippen LogP contribution in [-0.2, 0) is 4.74 Å². The van der Waals surface area contributed by atoms with Gasteiger partial charge in [-0.05, 0) is 31.5 Å². The van der Waals surface area contributed by atoms with Gasteiger partial charge in [0, 0.05) is 12.1 Å². The summed E-state index contributed by atoms with van der Waals surface area (Å²) in [6.45, 7) is 3.87. The molecule has 0 fully saturated rings. The van der Waals surface area contributed by atoms with Gasteiger partial charge >= 0.3 is 5.97 Å². The van der Waals surface area contributed by atoms with Gasteiger partial charge in [-0.1, -0.05) is 17.7 Å². The first-order valence-electron chi connectivity index (χ1n) is 6.54. The summed E-state index contributed by atoms with van der Waals surface area (Å²) >= 11 is 0. The van der Waals surface area contributed by atoms with Crippen molar-refractivity contribution < 1.29 is 19.2 Å². The molecule has 0 radical (unpaired) electrons. The van der Waals surface area contributed by atoms with Crippen LogP contribution >= 0.6 is 0 Å². The molecule has 0 N–H and O–H groups in total. The highest BCUT2D eigenvalue weighted by atomic mass is 16.6. The Kier molecular flexibility index (Phi) is 4.41. The van der Waals surface area contributed by atoms with Crippen molar-refractivity contribution in [2.75, 3.05) is 7.11 Å². The molecule has 0 bridgehead atoms. The molecule has 2 aromatic rings. The van der Waals surface area contributed by atoms with E-state index < -0.39 is 10.9 Å². The summed E-state index contributed by atoms with van der Waals surface area (Å²) in [5.74, 6) is 0.172. The van der Waals surface area contributed by atoms with E-state index in [1.54, 1.807) is 0 Å². The van der Waals surface area contributed by atoms with Gasteiger partial charge in [0.1, 0.15) is 17.1 Å². The van der Waals surface area contributed by atoms with Crippen LogP contribution in [0.3, 0.4) is 0 Å². The molecular formula is C16H15NO5. The zero-order valence-corrected chi connectivity index (χ0v) is 12.5. The van der Waals surface area contributed by atoms with Gasteiger partial charge in [-0.2, -0.15) is 0 Å². The summed E-state index contributed by atoms with van der Waals surface area (Å²) in [6.07, 6.45) is 0. The largest absolute Gasteiger partial charge is 0.465 e. The topological polar surface area (TPSA) is 78.7 Å². The first kappa shape index (κ1) is 15.5. The number of benzene rings is 2. The molecule has 114 valence electrons. The molecule has 0 atom stereocenters. The lowest BCUT2D eigenvalue weighted by molar-refractivity contribution is -0.385. The van der Waals surface area contributed by atoms with Crippen LogP contribution in [0.1, 0.15) is 21.5 Å². The number of hydrogen-bond donors (Lipinski definition) is 0. The summed E-state index contributed by atoms with van der Waals surface area (Å²) in [4.78, 5) is 22.0. The molecule has 0 heterocycles. The van der Waals surface area contributed by atoms with Crippen LogP contribution in [0.2, 0.25) is 0 Å². The fourth-order valence-corrected chi connectivity index (χ4v) is 2.05.